The van der Waals surface area contributed by atoms with Crippen molar-refractivity contribution in [3.63, 3.8) is 0 Å². The van der Waals surface area contributed by atoms with E-state index in [2.05, 4.69) is 36.9 Å². The number of rotatable bonds is 6. The Kier molecular flexibility index (Phi) is 5.98. The van der Waals surface area contributed by atoms with Crippen LogP contribution in [0.25, 0.3) is 5.69 Å². The molecule has 29 heavy (non-hydrogen) atoms. The van der Waals surface area contributed by atoms with Crippen LogP contribution in [0.5, 0.6) is 0 Å². The molecule has 0 aliphatic carbocycles. The first-order chi connectivity index (χ1) is 13.8. The number of benzene rings is 2. The van der Waals surface area contributed by atoms with Gasteiger partial charge in [-0.1, -0.05) is 27.2 Å². The van der Waals surface area contributed by atoms with Crippen molar-refractivity contribution >= 4 is 39.1 Å². The summed E-state index contributed by atoms with van der Waals surface area (Å²) < 4.78 is 2.20. The summed E-state index contributed by atoms with van der Waals surface area (Å²) in [5, 5.41) is 23.8. The predicted molar refractivity (Wildman–Crippen MR) is 108 cm³/mol. The lowest BCUT2D eigenvalue weighted by Gasteiger charge is -2.07. The average molecular weight is 459 g/mol. The summed E-state index contributed by atoms with van der Waals surface area (Å²) in [6, 6.07) is 12.8. The Hall–Kier alpha value is -3.60. The van der Waals surface area contributed by atoms with Gasteiger partial charge in [0.05, 0.1) is 22.8 Å². The summed E-state index contributed by atoms with van der Waals surface area (Å²) in [6.45, 7) is 1.35. The number of hydrogen-bond donors (Lipinski definition) is 2. The van der Waals surface area contributed by atoms with Crippen LogP contribution in [-0.2, 0) is 4.79 Å². The van der Waals surface area contributed by atoms with E-state index in [4.69, 9.17) is 0 Å². The van der Waals surface area contributed by atoms with Gasteiger partial charge in [0.2, 0.25) is 5.91 Å². The summed E-state index contributed by atoms with van der Waals surface area (Å²) in [5.74, 6) is -0.977. The van der Waals surface area contributed by atoms with Crippen molar-refractivity contribution in [2.24, 2.45) is 0 Å². The Morgan fingerprint density at radius 2 is 1.93 bits per heavy atom. The molecule has 148 valence electrons. The second-order valence-corrected chi connectivity index (χ2v) is 6.87. The van der Waals surface area contributed by atoms with Crippen molar-refractivity contribution < 1.29 is 14.5 Å². The van der Waals surface area contributed by atoms with Crippen LogP contribution in [0.15, 0.2) is 53.0 Å². The van der Waals surface area contributed by atoms with Gasteiger partial charge in [0.25, 0.3) is 11.6 Å². The summed E-state index contributed by atoms with van der Waals surface area (Å²) in [5.41, 5.74) is 1.30. The molecule has 0 fully saturated rings. The van der Waals surface area contributed by atoms with E-state index >= 15 is 0 Å². The number of anilines is 1. The maximum atomic E-state index is 12.4. The molecule has 1 heterocycles. The average Bonchev–Trinajstić information content (AvgIpc) is 3.09. The van der Waals surface area contributed by atoms with E-state index in [1.54, 1.807) is 37.3 Å². The molecule has 0 saturated carbocycles. The zero-order valence-corrected chi connectivity index (χ0v) is 16.7. The van der Waals surface area contributed by atoms with Crippen LogP contribution in [0.1, 0.15) is 16.2 Å². The lowest BCUT2D eigenvalue weighted by atomic mass is 10.2. The number of carbonyl (C=O) groups excluding carboxylic acids is 2. The van der Waals surface area contributed by atoms with Gasteiger partial charge in [-0.25, -0.2) is 4.68 Å². The standard InChI is InChI=1S/C18H15BrN6O4/c1-11-17(22-23-24(11)14-3-2-4-15(9-14)25(28)29)18(27)20-10-16(26)21-13-7-5-12(19)6-8-13/h2-9H,10H2,1H3,(H,20,27)(H,21,26). The number of amides is 2. The van der Waals surface area contributed by atoms with E-state index in [0.717, 1.165) is 4.47 Å². The van der Waals surface area contributed by atoms with Gasteiger partial charge in [-0.3, -0.25) is 19.7 Å². The number of carbonyl (C=O) groups is 2. The van der Waals surface area contributed by atoms with Gasteiger partial charge in [0, 0.05) is 22.3 Å². The van der Waals surface area contributed by atoms with Crippen molar-refractivity contribution in [3.8, 4) is 5.69 Å². The van der Waals surface area contributed by atoms with Gasteiger partial charge in [0.15, 0.2) is 5.69 Å². The summed E-state index contributed by atoms with van der Waals surface area (Å²) in [4.78, 5) is 34.8. The summed E-state index contributed by atoms with van der Waals surface area (Å²) in [6.07, 6.45) is 0. The first-order valence-corrected chi connectivity index (χ1v) is 9.15. The van der Waals surface area contributed by atoms with Crippen LogP contribution >= 0.6 is 15.9 Å². The Labute approximate surface area is 173 Å². The molecule has 0 atom stereocenters. The zero-order valence-electron chi connectivity index (χ0n) is 15.1. The number of non-ortho nitro benzene ring substituents is 1. The highest BCUT2D eigenvalue weighted by atomic mass is 79.9. The number of nitrogens with one attached hydrogen (secondary N) is 2. The van der Waals surface area contributed by atoms with Gasteiger partial charge >= 0.3 is 0 Å². The first kappa shape index (κ1) is 20.1. The van der Waals surface area contributed by atoms with E-state index in [9.17, 15) is 19.7 Å². The Balaban J connectivity index is 1.66. The van der Waals surface area contributed by atoms with Crippen molar-refractivity contribution in [3.05, 3.63) is 74.5 Å². The van der Waals surface area contributed by atoms with E-state index in [-0.39, 0.29) is 17.9 Å². The maximum absolute atomic E-state index is 12.4. The molecule has 3 aromatic rings. The van der Waals surface area contributed by atoms with Gasteiger partial charge in [0.1, 0.15) is 0 Å². The molecular formula is C18H15BrN6O4. The number of hydrogen-bond acceptors (Lipinski definition) is 6. The number of nitro groups is 1. The van der Waals surface area contributed by atoms with E-state index in [1.807, 2.05) is 0 Å². The monoisotopic (exact) mass is 458 g/mol. The van der Waals surface area contributed by atoms with E-state index in [0.29, 0.717) is 17.1 Å². The van der Waals surface area contributed by atoms with Crippen LogP contribution in [0.4, 0.5) is 11.4 Å². The lowest BCUT2D eigenvalue weighted by Crippen LogP contribution is -2.33. The fraction of sp³-hybridized carbons (Fsp3) is 0.111. The van der Waals surface area contributed by atoms with E-state index < -0.39 is 16.7 Å². The molecule has 0 saturated heterocycles. The molecule has 0 unspecified atom stereocenters. The molecule has 0 aliphatic rings. The molecule has 10 nitrogen and oxygen atoms in total. The fourth-order valence-corrected chi connectivity index (χ4v) is 2.77. The molecule has 0 radical (unpaired) electrons. The third-order valence-electron chi connectivity index (χ3n) is 3.93. The van der Waals surface area contributed by atoms with Crippen LogP contribution in [-0.4, -0.2) is 38.3 Å². The topological polar surface area (TPSA) is 132 Å². The van der Waals surface area contributed by atoms with Gasteiger partial charge in [-0.15, -0.1) is 5.10 Å². The van der Waals surface area contributed by atoms with Gasteiger partial charge in [-0.2, -0.15) is 0 Å². The van der Waals surface area contributed by atoms with Crippen LogP contribution in [0, 0.1) is 17.0 Å². The molecule has 2 amide bonds. The molecule has 2 N–H and O–H groups in total. The molecule has 11 heteroatoms. The SMILES string of the molecule is Cc1c(C(=O)NCC(=O)Nc2ccc(Br)cc2)nnn1-c1cccc([N+](=O)[O-])c1. The van der Waals surface area contributed by atoms with Gasteiger partial charge in [-0.05, 0) is 37.3 Å². The first-order valence-electron chi connectivity index (χ1n) is 8.36. The highest BCUT2D eigenvalue weighted by Gasteiger charge is 2.19. The number of nitro benzene ring substituents is 1. The molecule has 1 aromatic heterocycles. The lowest BCUT2D eigenvalue weighted by molar-refractivity contribution is -0.384. The molecule has 2 aromatic carbocycles. The quantitative estimate of drug-likeness (QED) is 0.430. The summed E-state index contributed by atoms with van der Waals surface area (Å²) >= 11 is 3.31. The maximum Gasteiger partial charge on any atom is 0.274 e. The number of nitrogens with zero attached hydrogens (tertiary/aromatic N) is 4. The van der Waals surface area contributed by atoms with Gasteiger partial charge < -0.3 is 10.6 Å². The Bertz CT molecular complexity index is 1080. The largest absolute Gasteiger partial charge is 0.342 e. The second-order valence-electron chi connectivity index (χ2n) is 5.95. The second kappa shape index (κ2) is 8.61. The van der Waals surface area contributed by atoms with Crippen LogP contribution < -0.4 is 10.6 Å². The van der Waals surface area contributed by atoms with Crippen LogP contribution in [0.2, 0.25) is 0 Å². The third-order valence-corrected chi connectivity index (χ3v) is 4.46. The number of halogens is 1. The number of aromatic nitrogens is 3. The zero-order chi connectivity index (χ0) is 21.0. The highest BCUT2D eigenvalue weighted by Crippen LogP contribution is 2.18. The minimum Gasteiger partial charge on any atom is -0.342 e. The normalized spacial score (nSPS) is 10.4. The minimum absolute atomic E-state index is 0.0212. The molecular weight excluding hydrogens is 444 g/mol. The molecule has 0 spiro atoms. The Morgan fingerprint density at radius 1 is 1.21 bits per heavy atom. The van der Waals surface area contributed by atoms with Crippen LogP contribution in [0.3, 0.4) is 0 Å². The third kappa shape index (κ3) is 4.82. The minimum atomic E-state index is -0.579. The van der Waals surface area contributed by atoms with E-state index in [1.165, 1.54) is 22.9 Å². The predicted octanol–water partition coefficient (Wildman–Crippen LogP) is 2.61. The highest BCUT2D eigenvalue weighted by molar-refractivity contribution is 9.10. The van der Waals surface area contributed by atoms with Crippen molar-refractivity contribution in [1.29, 1.82) is 0 Å². The van der Waals surface area contributed by atoms with Crippen molar-refractivity contribution in [2.75, 3.05) is 11.9 Å². The summed E-state index contributed by atoms with van der Waals surface area (Å²) in [7, 11) is 0. The smallest absolute Gasteiger partial charge is 0.274 e. The molecule has 0 bridgehead atoms. The van der Waals surface area contributed by atoms with Crippen molar-refractivity contribution in [2.45, 2.75) is 6.92 Å². The molecule has 3 rings (SSSR count). The van der Waals surface area contributed by atoms with Crippen molar-refractivity contribution in [1.82, 2.24) is 20.3 Å². The fourth-order valence-electron chi connectivity index (χ4n) is 2.51. The Morgan fingerprint density at radius 3 is 2.62 bits per heavy atom. The molecule has 0 aliphatic heterocycles.